The van der Waals surface area contributed by atoms with Gasteiger partial charge in [-0.25, -0.2) is 0 Å². The van der Waals surface area contributed by atoms with Crippen molar-refractivity contribution in [3.05, 3.63) is 42.5 Å². The van der Waals surface area contributed by atoms with Crippen molar-refractivity contribution in [3.8, 4) is 5.75 Å². The van der Waals surface area contributed by atoms with Gasteiger partial charge in [0.15, 0.2) is 5.60 Å². The summed E-state index contributed by atoms with van der Waals surface area (Å²) in [6.07, 6.45) is 4.24. The molecule has 2 aromatic carbocycles. The summed E-state index contributed by atoms with van der Waals surface area (Å²) in [4.78, 5) is 25.2. The van der Waals surface area contributed by atoms with Gasteiger partial charge in [0.25, 0.3) is 5.91 Å². The van der Waals surface area contributed by atoms with Crippen LogP contribution < -0.4 is 10.1 Å². The van der Waals surface area contributed by atoms with Gasteiger partial charge in [0.05, 0.1) is 5.41 Å². The van der Waals surface area contributed by atoms with Gasteiger partial charge in [-0.2, -0.15) is 0 Å². The van der Waals surface area contributed by atoms with Gasteiger partial charge in [-0.05, 0) is 75.2 Å². The van der Waals surface area contributed by atoms with E-state index in [0.717, 1.165) is 30.0 Å². The molecule has 4 bridgehead atoms. The number of benzene rings is 2. The number of fused-ring (bicyclic) bond motifs is 1. The largest absolute Gasteiger partial charge is 0.481 e. The molecule has 0 radical (unpaired) electrons. The third-order valence-electron chi connectivity index (χ3n) is 7.69. The second kappa shape index (κ2) is 6.73. The minimum absolute atomic E-state index is 0.0527. The first-order chi connectivity index (χ1) is 14.3. The van der Waals surface area contributed by atoms with E-state index in [1.165, 1.54) is 0 Å². The number of amides is 1. The lowest BCUT2D eigenvalue weighted by Gasteiger charge is -2.58. The van der Waals surface area contributed by atoms with Gasteiger partial charge in [0.1, 0.15) is 5.75 Å². The molecule has 1 amide bonds. The van der Waals surface area contributed by atoms with Crippen molar-refractivity contribution in [2.75, 3.05) is 0 Å². The van der Waals surface area contributed by atoms with Crippen LogP contribution in [0.3, 0.4) is 0 Å². The molecule has 0 aliphatic heterocycles. The Hall–Kier alpha value is -2.56. The summed E-state index contributed by atoms with van der Waals surface area (Å²) >= 11 is 0. The Kier molecular flexibility index (Phi) is 4.35. The van der Waals surface area contributed by atoms with E-state index >= 15 is 0 Å². The van der Waals surface area contributed by atoms with Crippen LogP contribution in [0.1, 0.15) is 46.0 Å². The second-order valence-electron chi connectivity index (χ2n) is 10.1. The summed E-state index contributed by atoms with van der Waals surface area (Å²) in [5.41, 5.74) is -1.59. The number of hydrogen-bond acceptors (Lipinski definition) is 3. The molecule has 158 valence electrons. The van der Waals surface area contributed by atoms with Gasteiger partial charge in [0, 0.05) is 11.4 Å². The maximum Gasteiger partial charge on any atom is 0.309 e. The topological polar surface area (TPSA) is 75.6 Å². The highest BCUT2D eigenvalue weighted by Gasteiger charge is 2.59. The highest BCUT2D eigenvalue weighted by molar-refractivity contribution is 5.90. The summed E-state index contributed by atoms with van der Waals surface area (Å²) in [6, 6.07) is 13.9. The van der Waals surface area contributed by atoms with Crippen LogP contribution in [0, 0.1) is 23.2 Å². The lowest BCUT2D eigenvalue weighted by Crippen LogP contribution is -2.63. The number of carboxylic acids is 1. The molecule has 6 rings (SSSR count). The summed E-state index contributed by atoms with van der Waals surface area (Å²) < 4.78 is 6.22. The Bertz CT molecular complexity index is 992. The molecule has 4 aliphatic carbocycles. The average molecular weight is 408 g/mol. The Labute approximate surface area is 176 Å². The van der Waals surface area contributed by atoms with Crippen molar-refractivity contribution in [1.29, 1.82) is 0 Å². The van der Waals surface area contributed by atoms with E-state index in [-0.39, 0.29) is 23.8 Å². The minimum atomic E-state index is -1.02. The van der Waals surface area contributed by atoms with Gasteiger partial charge in [-0.3, -0.25) is 9.59 Å². The van der Waals surface area contributed by atoms with Crippen LogP contribution >= 0.6 is 0 Å². The fourth-order valence-electron chi connectivity index (χ4n) is 6.45. The standard InChI is InChI=1S/C25H29NO4/c1-24(2,30-20-9-5-7-16-6-3-4-8-19(16)20)22(27)26-21-17-10-15-11-18(21)14-25(12-15,13-17)23(28)29/h3-9,15,17-18,21H,10-14H2,1-2H3,(H,26,27)(H,28,29). The molecule has 2 N–H and O–H groups in total. The first-order valence-corrected chi connectivity index (χ1v) is 11.0. The molecule has 5 nitrogen and oxygen atoms in total. The molecule has 2 aromatic rings. The Morgan fingerprint density at radius 1 is 1.03 bits per heavy atom. The molecular formula is C25H29NO4. The lowest BCUT2D eigenvalue weighted by atomic mass is 9.48. The molecule has 30 heavy (non-hydrogen) atoms. The van der Waals surface area contributed by atoms with Crippen LogP contribution in [-0.4, -0.2) is 28.6 Å². The first-order valence-electron chi connectivity index (χ1n) is 11.0. The second-order valence-corrected chi connectivity index (χ2v) is 10.1. The lowest BCUT2D eigenvalue weighted by molar-refractivity contribution is -0.168. The predicted molar refractivity (Wildman–Crippen MR) is 114 cm³/mol. The quantitative estimate of drug-likeness (QED) is 0.771. The molecule has 4 aliphatic rings. The first kappa shape index (κ1) is 19.4. The van der Waals surface area contributed by atoms with E-state index in [9.17, 15) is 14.7 Å². The SMILES string of the molecule is CC(C)(Oc1cccc2ccccc12)C(=O)NC1C2CC3CC1CC(C(=O)O)(C3)C2. The normalized spacial score (nSPS) is 32.2. The van der Waals surface area contributed by atoms with Gasteiger partial charge in [0.2, 0.25) is 0 Å². The van der Waals surface area contributed by atoms with Crippen molar-refractivity contribution >= 4 is 22.6 Å². The van der Waals surface area contributed by atoms with E-state index in [1.807, 2.05) is 42.5 Å². The minimum Gasteiger partial charge on any atom is -0.481 e. The van der Waals surface area contributed by atoms with Crippen molar-refractivity contribution in [2.45, 2.75) is 57.6 Å². The van der Waals surface area contributed by atoms with Crippen LogP contribution in [0.5, 0.6) is 5.75 Å². The van der Waals surface area contributed by atoms with Crippen molar-refractivity contribution in [1.82, 2.24) is 5.32 Å². The number of carboxylic acid groups (broad SMARTS) is 1. The number of aliphatic carboxylic acids is 1. The van der Waals surface area contributed by atoms with Crippen molar-refractivity contribution in [3.63, 3.8) is 0 Å². The van der Waals surface area contributed by atoms with Crippen LogP contribution in [0.15, 0.2) is 42.5 Å². The number of carbonyl (C=O) groups excluding carboxylic acids is 1. The Morgan fingerprint density at radius 3 is 2.40 bits per heavy atom. The smallest absolute Gasteiger partial charge is 0.309 e. The highest BCUT2D eigenvalue weighted by Crippen LogP contribution is 2.60. The van der Waals surface area contributed by atoms with Crippen molar-refractivity contribution < 1.29 is 19.4 Å². The number of nitrogens with one attached hydrogen (secondary N) is 1. The fraction of sp³-hybridized carbons (Fsp3) is 0.520. The van der Waals surface area contributed by atoms with Crippen LogP contribution in [0.4, 0.5) is 0 Å². The molecule has 0 aromatic heterocycles. The summed E-state index contributed by atoms with van der Waals surface area (Å²) in [5, 5.41) is 15.1. The van der Waals surface area contributed by atoms with Crippen LogP contribution in [0.25, 0.3) is 10.8 Å². The third kappa shape index (κ3) is 3.06. The molecule has 0 saturated heterocycles. The molecule has 4 saturated carbocycles. The zero-order valence-corrected chi connectivity index (χ0v) is 17.6. The van der Waals surface area contributed by atoms with E-state index in [0.29, 0.717) is 24.5 Å². The fourth-order valence-corrected chi connectivity index (χ4v) is 6.45. The molecule has 2 atom stereocenters. The summed E-state index contributed by atoms with van der Waals surface area (Å²) in [5.74, 6) is 0.924. The maximum atomic E-state index is 13.3. The number of carbonyl (C=O) groups is 2. The van der Waals surface area contributed by atoms with E-state index < -0.39 is 17.0 Å². The monoisotopic (exact) mass is 407 g/mol. The molecule has 4 fully saturated rings. The maximum absolute atomic E-state index is 13.3. The molecule has 5 heteroatoms. The number of ether oxygens (including phenoxy) is 1. The van der Waals surface area contributed by atoms with Crippen LogP contribution in [-0.2, 0) is 9.59 Å². The van der Waals surface area contributed by atoms with E-state index in [1.54, 1.807) is 13.8 Å². The highest BCUT2D eigenvalue weighted by atomic mass is 16.5. The Morgan fingerprint density at radius 2 is 1.70 bits per heavy atom. The number of hydrogen-bond donors (Lipinski definition) is 2. The van der Waals surface area contributed by atoms with Crippen molar-refractivity contribution in [2.24, 2.45) is 23.2 Å². The van der Waals surface area contributed by atoms with Crippen LogP contribution in [0.2, 0.25) is 0 Å². The summed E-state index contributed by atoms with van der Waals surface area (Å²) in [7, 11) is 0. The molecule has 0 spiro atoms. The van der Waals surface area contributed by atoms with Gasteiger partial charge >= 0.3 is 5.97 Å². The zero-order chi connectivity index (χ0) is 21.1. The molecule has 2 unspecified atom stereocenters. The zero-order valence-electron chi connectivity index (χ0n) is 17.6. The molecular weight excluding hydrogens is 378 g/mol. The average Bonchev–Trinajstić information content (AvgIpc) is 2.70. The summed E-state index contributed by atoms with van der Waals surface area (Å²) in [6.45, 7) is 3.61. The third-order valence-corrected chi connectivity index (χ3v) is 7.69. The van der Waals surface area contributed by atoms with Gasteiger partial charge < -0.3 is 15.2 Å². The predicted octanol–water partition coefficient (Wildman–Crippen LogP) is 4.39. The number of rotatable bonds is 5. The van der Waals surface area contributed by atoms with E-state index in [4.69, 9.17) is 4.74 Å². The Balaban J connectivity index is 1.33. The van der Waals surface area contributed by atoms with Gasteiger partial charge in [-0.1, -0.05) is 36.4 Å². The van der Waals surface area contributed by atoms with Gasteiger partial charge in [-0.15, -0.1) is 0 Å². The van der Waals surface area contributed by atoms with E-state index in [2.05, 4.69) is 5.32 Å². The molecule has 0 heterocycles.